The summed E-state index contributed by atoms with van der Waals surface area (Å²) in [5, 5.41) is 3.57. The van der Waals surface area contributed by atoms with Crippen molar-refractivity contribution in [1.82, 2.24) is 5.32 Å². The van der Waals surface area contributed by atoms with Crippen molar-refractivity contribution < 1.29 is 0 Å². The molecule has 1 aliphatic rings. The van der Waals surface area contributed by atoms with Gasteiger partial charge in [0.05, 0.1) is 0 Å². The molecule has 17 heavy (non-hydrogen) atoms. The first-order valence-electron chi connectivity index (χ1n) is 7.60. The Morgan fingerprint density at radius 2 is 1.65 bits per heavy atom. The summed E-state index contributed by atoms with van der Waals surface area (Å²) in [5.74, 6) is 2.74. The van der Waals surface area contributed by atoms with Crippen LogP contribution >= 0.6 is 0 Å². The lowest BCUT2D eigenvalue weighted by Gasteiger charge is -2.37. The fraction of sp³-hybridized carbons (Fsp3) is 1.00. The van der Waals surface area contributed by atoms with Crippen LogP contribution in [0.15, 0.2) is 0 Å². The summed E-state index contributed by atoms with van der Waals surface area (Å²) >= 11 is 0. The van der Waals surface area contributed by atoms with E-state index in [9.17, 15) is 0 Å². The van der Waals surface area contributed by atoms with Crippen molar-refractivity contribution >= 4 is 0 Å². The number of hydrogen-bond acceptors (Lipinski definition) is 1. The van der Waals surface area contributed by atoms with E-state index in [1.54, 1.807) is 0 Å². The summed E-state index contributed by atoms with van der Waals surface area (Å²) in [6.45, 7) is 14.2. The Kier molecular flexibility index (Phi) is 5.99. The van der Waals surface area contributed by atoms with Gasteiger partial charge in [-0.2, -0.15) is 0 Å². The molecule has 0 atom stereocenters. The lowest BCUT2D eigenvalue weighted by Crippen LogP contribution is -2.28. The maximum Gasteiger partial charge on any atom is -0.00258 e. The smallest absolute Gasteiger partial charge is 0.00258 e. The van der Waals surface area contributed by atoms with Crippen molar-refractivity contribution in [2.45, 2.75) is 66.7 Å². The van der Waals surface area contributed by atoms with Crippen LogP contribution in [-0.2, 0) is 0 Å². The van der Waals surface area contributed by atoms with Crippen molar-refractivity contribution in [3.8, 4) is 0 Å². The summed E-state index contributed by atoms with van der Waals surface area (Å²) in [4.78, 5) is 0. The molecular formula is C16H33N. The van der Waals surface area contributed by atoms with Gasteiger partial charge in [0, 0.05) is 0 Å². The third-order valence-electron chi connectivity index (χ3n) is 4.35. The lowest BCUT2D eigenvalue weighted by molar-refractivity contribution is 0.146. The van der Waals surface area contributed by atoms with Gasteiger partial charge in [-0.1, -0.05) is 47.5 Å². The summed E-state index contributed by atoms with van der Waals surface area (Å²) in [7, 11) is 0. The molecule has 1 nitrogen and oxygen atoms in total. The number of hydrogen-bond donors (Lipinski definition) is 1. The Morgan fingerprint density at radius 3 is 2.12 bits per heavy atom. The second-order valence-corrected chi connectivity index (χ2v) is 7.47. The summed E-state index contributed by atoms with van der Waals surface area (Å²) in [6, 6.07) is 0. The monoisotopic (exact) mass is 239 g/mol. The Balaban J connectivity index is 2.11. The van der Waals surface area contributed by atoms with E-state index >= 15 is 0 Å². The van der Waals surface area contributed by atoms with E-state index in [-0.39, 0.29) is 0 Å². The van der Waals surface area contributed by atoms with E-state index in [2.05, 4.69) is 39.9 Å². The Labute approximate surface area is 109 Å². The van der Waals surface area contributed by atoms with E-state index in [4.69, 9.17) is 0 Å². The highest BCUT2D eigenvalue weighted by Crippen LogP contribution is 2.40. The van der Waals surface area contributed by atoms with Gasteiger partial charge < -0.3 is 5.32 Å². The van der Waals surface area contributed by atoms with Gasteiger partial charge >= 0.3 is 0 Å². The molecule has 1 aliphatic carbocycles. The molecule has 1 fully saturated rings. The topological polar surface area (TPSA) is 12.0 Å². The summed E-state index contributed by atoms with van der Waals surface area (Å²) < 4.78 is 0. The van der Waals surface area contributed by atoms with E-state index < -0.39 is 0 Å². The molecule has 1 rings (SSSR count). The van der Waals surface area contributed by atoms with Gasteiger partial charge in [0.1, 0.15) is 0 Å². The predicted molar refractivity (Wildman–Crippen MR) is 77.2 cm³/mol. The van der Waals surface area contributed by atoms with Crippen molar-refractivity contribution in [2.75, 3.05) is 13.1 Å². The van der Waals surface area contributed by atoms with E-state index in [0.717, 1.165) is 17.8 Å². The Bertz CT molecular complexity index is 194. The first-order chi connectivity index (χ1) is 7.89. The molecule has 0 spiro atoms. The molecule has 0 aromatic rings. The average Bonchev–Trinajstić information content (AvgIpc) is 2.23. The van der Waals surface area contributed by atoms with Crippen LogP contribution in [-0.4, -0.2) is 13.1 Å². The van der Waals surface area contributed by atoms with Crippen LogP contribution in [0.4, 0.5) is 0 Å². The van der Waals surface area contributed by atoms with Gasteiger partial charge in [0.25, 0.3) is 0 Å². The molecule has 0 bridgehead atoms. The zero-order valence-electron chi connectivity index (χ0n) is 12.7. The first kappa shape index (κ1) is 15.0. The van der Waals surface area contributed by atoms with Gasteiger partial charge in [-0.15, -0.1) is 0 Å². The molecule has 0 saturated heterocycles. The maximum absolute atomic E-state index is 3.57. The van der Waals surface area contributed by atoms with E-state index in [0.29, 0.717) is 5.41 Å². The number of rotatable bonds is 5. The molecule has 0 amide bonds. The standard InChI is InChI=1S/C16H33N/c1-13(2)12-17-11-10-14-6-8-15(9-7-14)16(3,4)5/h13-15,17H,6-12H2,1-5H3. The van der Waals surface area contributed by atoms with Crippen LogP contribution in [0, 0.1) is 23.2 Å². The first-order valence-corrected chi connectivity index (χ1v) is 7.60. The van der Waals surface area contributed by atoms with Crippen LogP contribution < -0.4 is 5.32 Å². The molecule has 1 saturated carbocycles. The fourth-order valence-electron chi connectivity index (χ4n) is 3.01. The highest BCUT2D eigenvalue weighted by Gasteiger charge is 2.29. The molecule has 1 N–H and O–H groups in total. The van der Waals surface area contributed by atoms with Crippen molar-refractivity contribution in [3.05, 3.63) is 0 Å². The van der Waals surface area contributed by atoms with Crippen molar-refractivity contribution in [3.63, 3.8) is 0 Å². The number of nitrogens with one attached hydrogen (secondary N) is 1. The minimum Gasteiger partial charge on any atom is -0.316 e. The van der Waals surface area contributed by atoms with Crippen molar-refractivity contribution in [2.24, 2.45) is 23.2 Å². The normalized spacial score (nSPS) is 26.5. The minimum absolute atomic E-state index is 0.529. The predicted octanol–water partition coefficient (Wildman–Crippen LogP) is 4.47. The van der Waals surface area contributed by atoms with E-state index in [1.165, 1.54) is 45.2 Å². The maximum atomic E-state index is 3.57. The highest BCUT2D eigenvalue weighted by atomic mass is 14.8. The van der Waals surface area contributed by atoms with Crippen LogP contribution in [0.5, 0.6) is 0 Å². The van der Waals surface area contributed by atoms with Crippen LogP contribution in [0.3, 0.4) is 0 Å². The molecule has 102 valence electrons. The zero-order chi connectivity index (χ0) is 12.9. The second-order valence-electron chi connectivity index (χ2n) is 7.47. The molecule has 0 aromatic carbocycles. The SMILES string of the molecule is CC(C)CNCCC1CCC(C(C)(C)C)CC1. The van der Waals surface area contributed by atoms with Gasteiger partial charge in [0.15, 0.2) is 0 Å². The molecule has 0 unspecified atom stereocenters. The van der Waals surface area contributed by atoms with Gasteiger partial charge in [0.2, 0.25) is 0 Å². The van der Waals surface area contributed by atoms with Gasteiger partial charge in [-0.05, 0) is 55.5 Å². The zero-order valence-corrected chi connectivity index (χ0v) is 12.7. The second kappa shape index (κ2) is 6.78. The Morgan fingerprint density at radius 1 is 1.06 bits per heavy atom. The molecule has 0 aliphatic heterocycles. The quantitative estimate of drug-likeness (QED) is 0.698. The summed E-state index contributed by atoms with van der Waals surface area (Å²) in [6.07, 6.45) is 7.23. The van der Waals surface area contributed by atoms with Crippen LogP contribution in [0.1, 0.15) is 66.7 Å². The lowest BCUT2D eigenvalue weighted by atomic mass is 9.69. The van der Waals surface area contributed by atoms with Gasteiger partial charge in [-0.3, -0.25) is 0 Å². The van der Waals surface area contributed by atoms with Gasteiger partial charge in [-0.25, -0.2) is 0 Å². The molecule has 0 radical (unpaired) electrons. The largest absolute Gasteiger partial charge is 0.316 e. The minimum atomic E-state index is 0.529. The average molecular weight is 239 g/mol. The summed E-state index contributed by atoms with van der Waals surface area (Å²) in [5.41, 5.74) is 0.529. The third kappa shape index (κ3) is 5.90. The highest BCUT2D eigenvalue weighted by molar-refractivity contribution is 4.80. The Hall–Kier alpha value is -0.0400. The van der Waals surface area contributed by atoms with E-state index in [1.807, 2.05) is 0 Å². The van der Waals surface area contributed by atoms with Crippen LogP contribution in [0.2, 0.25) is 0 Å². The molecule has 1 heteroatoms. The third-order valence-corrected chi connectivity index (χ3v) is 4.35. The molecule has 0 heterocycles. The molecular weight excluding hydrogens is 206 g/mol. The van der Waals surface area contributed by atoms with Crippen molar-refractivity contribution in [1.29, 1.82) is 0 Å². The fourth-order valence-corrected chi connectivity index (χ4v) is 3.01. The molecule has 0 aromatic heterocycles. The van der Waals surface area contributed by atoms with Crippen LogP contribution in [0.25, 0.3) is 0 Å².